The molecule has 1 aliphatic heterocycles. The fraction of sp³-hybridized carbons (Fsp3) is 0.600. The van der Waals surface area contributed by atoms with Crippen LogP contribution >= 0.6 is 11.8 Å². The minimum atomic E-state index is 0.652. The molecule has 0 fully saturated rings. The van der Waals surface area contributed by atoms with Crippen molar-refractivity contribution in [2.75, 3.05) is 30.9 Å². The zero-order valence-corrected chi connectivity index (χ0v) is 12.5. The average Bonchev–Trinajstić information content (AvgIpc) is 2.83. The normalized spacial score (nSPS) is 15.6. The lowest BCUT2D eigenvalue weighted by Crippen LogP contribution is -2.29. The van der Waals surface area contributed by atoms with E-state index in [0.29, 0.717) is 6.04 Å². The number of hydrogen-bond donors (Lipinski definition) is 1. The minimum absolute atomic E-state index is 0.652. The van der Waals surface area contributed by atoms with Gasteiger partial charge in [-0.3, -0.25) is 4.90 Å². The van der Waals surface area contributed by atoms with E-state index >= 15 is 0 Å². The summed E-state index contributed by atoms with van der Waals surface area (Å²) in [5.74, 6) is 1.25. The maximum atomic E-state index is 3.46. The second kappa shape index (κ2) is 6.48. The molecule has 2 rings (SSSR count). The highest BCUT2D eigenvalue weighted by atomic mass is 32.2. The fourth-order valence-corrected chi connectivity index (χ4v) is 2.97. The molecule has 0 saturated carbocycles. The molecule has 1 aliphatic rings. The summed E-state index contributed by atoms with van der Waals surface area (Å²) in [6.07, 6.45) is 4.62. The highest BCUT2D eigenvalue weighted by Crippen LogP contribution is 2.24. The molecular formula is C15H24N2S. The van der Waals surface area contributed by atoms with Gasteiger partial charge in [0.2, 0.25) is 0 Å². The molecule has 18 heavy (non-hydrogen) atoms. The summed E-state index contributed by atoms with van der Waals surface area (Å²) in [6.45, 7) is 4.46. The number of nitrogens with one attached hydrogen (secondary N) is 1. The van der Waals surface area contributed by atoms with Crippen molar-refractivity contribution in [1.29, 1.82) is 0 Å². The van der Waals surface area contributed by atoms with Crippen molar-refractivity contribution in [3.05, 3.63) is 29.3 Å². The topological polar surface area (TPSA) is 15.3 Å². The molecule has 1 aromatic rings. The predicted octanol–water partition coefficient (Wildman–Crippen LogP) is 3.23. The molecule has 1 atom stereocenters. The molecule has 1 heterocycles. The number of anilines is 1. The van der Waals surface area contributed by atoms with E-state index in [1.807, 2.05) is 11.8 Å². The van der Waals surface area contributed by atoms with Crippen LogP contribution in [0.2, 0.25) is 0 Å². The Morgan fingerprint density at radius 2 is 2.28 bits per heavy atom. The van der Waals surface area contributed by atoms with Crippen molar-refractivity contribution in [3.8, 4) is 0 Å². The summed E-state index contributed by atoms with van der Waals surface area (Å²) in [7, 11) is 2.23. The van der Waals surface area contributed by atoms with Gasteiger partial charge < -0.3 is 5.32 Å². The molecular weight excluding hydrogens is 240 g/mol. The zero-order valence-electron chi connectivity index (χ0n) is 11.7. The lowest BCUT2D eigenvalue weighted by Gasteiger charge is -2.24. The van der Waals surface area contributed by atoms with E-state index in [2.05, 4.69) is 48.6 Å². The van der Waals surface area contributed by atoms with E-state index in [0.717, 1.165) is 13.1 Å². The second-order valence-electron chi connectivity index (χ2n) is 5.21. The van der Waals surface area contributed by atoms with E-state index < -0.39 is 0 Å². The Kier molecular flexibility index (Phi) is 4.95. The Bertz CT molecular complexity index is 392. The summed E-state index contributed by atoms with van der Waals surface area (Å²) in [5, 5.41) is 3.46. The highest BCUT2D eigenvalue weighted by molar-refractivity contribution is 7.98. The third-order valence-electron chi connectivity index (χ3n) is 3.81. The average molecular weight is 264 g/mol. The zero-order chi connectivity index (χ0) is 13.0. The summed E-state index contributed by atoms with van der Waals surface area (Å²) < 4.78 is 0. The fourth-order valence-electron chi connectivity index (χ4n) is 2.39. The standard InChI is InChI=1S/C15H24N2S/c1-12(7-9-18-3)17(2)11-13-4-5-14-6-8-16-15(14)10-13/h4-5,10,12,16H,6-9,11H2,1-3H3. The van der Waals surface area contributed by atoms with Crippen LogP contribution in [0.3, 0.4) is 0 Å². The lowest BCUT2D eigenvalue weighted by molar-refractivity contribution is 0.245. The molecule has 1 aromatic carbocycles. The van der Waals surface area contributed by atoms with E-state index in [9.17, 15) is 0 Å². The van der Waals surface area contributed by atoms with Gasteiger partial charge in [-0.2, -0.15) is 11.8 Å². The van der Waals surface area contributed by atoms with Crippen molar-refractivity contribution >= 4 is 17.4 Å². The van der Waals surface area contributed by atoms with Gasteiger partial charge >= 0.3 is 0 Å². The number of fused-ring (bicyclic) bond motifs is 1. The Morgan fingerprint density at radius 3 is 3.06 bits per heavy atom. The van der Waals surface area contributed by atoms with Crippen molar-refractivity contribution in [2.24, 2.45) is 0 Å². The van der Waals surface area contributed by atoms with Crippen LogP contribution in [-0.2, 0) is 13.0 Å². The van der Waals surface area contributed by atoms with Crippen molar-refractivity contribution < 1.29 is 0 Å². The van der Waals surface area contributed by atoms with Crippen molar-refractivity contribution in [1.82, 2.24) is 4.90 Å². The summed E-state index contributed by atoms with van der Waals surface area (Å²) >= 11 is 1.93. The van der Waals surface area contributed by atoms with Crippen LogP contribution in [0, 0.1) is 0 Å². The van der Waals surface area contributed by atoms with Crippen LogP contribution in [-0.4, -0.2) is 36.5 Å². The van der Waals surface area contributed by atoms with Crippen LogP contribution in [0.1, 0.15) is 24.5 Å². The van der Waals surface area contributed by atoms with Crippen molar-refractivity contribution in [2.45, 2.75) is 32.4 Å². The van der Waals surface area contributed by atoms with Gasteiger partial charge in [0, 0.05) is 24.8 Å². The van der Waals surface area contributed by atoms with Gasteiger partial charge in [-0.25, -0.2) is 0 Å². The molecule has 0 spiro atoms. The monoisotopic (exact) mass is 264 g/mol. The molecule has 0 aliphatic carbocycles. The Balaban J connectivity index is 1.92. The van der Waals surface area contributed by atoms with E-state index in [-0.39, 0.29) is 0 Å². The molecule has 100 valence electrons. The maximum Gasteiger partial charge on any atom is 0.0376 e. The van der Waals surface area contributed by atoms with Crippen molar-refractivity contribution in [3.63, 3.8) is 0 Å². The molecule has 0 bridgehead atoms. The molecule has 0 amide bonds. The van der Waals surface area contributed by atoms with Gasteiger partial charge in [-0.15, -0.1) is 0 Å². The number of rotatable bonds is 6. The molecule has 0 saturated heterocycles. The third kappa shape index (κ3) is 3.42. The molecule has 1 N–H and O–H groups in total. The van der Waals surface area contributed by atoms with Gasteiger partial charge in [0.05, 0.1) is 0 Å². The summed E-state index contributed by atoms with van der Waals surface area (Å²) in [4.78, 5) is 2.45. The van der Waals surface area contributed by atoms with Gasteiger partial charge in [0.15, 0.2) is 0 Å². The smallest absolute Gasteiger partial charge is 0.0376 e. The molecule has 1 unspecified atom stereocenters. The van der Waals surface area contributed by atoms with Crippen LogP contribution in [0.4, 0.5) is 5.69 Å². The van der Waals surface area contributed by atoms with Gasteiger partial charge in [-0.05, 0) is 56.0 Å². The largest absolute Gasteiger partial charge is 0.384 e. The van der Waals surface area contributed by atoms with Crippen LogP contribution in [0.15, 0.2) is 18.2 Å². The predicted molar refractivity (Wildman–Crippen MR) is 82.6 cm³/mol. The molecule has 0 radical (unpaired) electrons. The number of nitrogens with zero attached hydrogens (tertiary/aromatic N) is 1. The third-order valence-corrected chi connectivity index (χ3v) is 4.45. The Morgan fingerprint density at radius 1 is 1.44 bits per heavy atom. The second-order valence-corrected chi connectivity index (χ2v) is 6.20. The van der Waals surface area contributed by atoms with E-state index in [1.54, 1.807) is 0 Å². The first-order chi connectivity index (χ1) is 8.70. The molecule has 3 heteroatoms. The Hall–Kier alpha value is -0.670. The number of thioether (sulfide) groups is 1. The minimum Gasteiger partial charge on any atom is -0.384 e. The highest BCUT2D eigenvalue weighted by Gasteiger charge is 2.13. The van der Waals surface area contributed by atoms with Crippen LogP contribution in [0.25, 0.3) is 0 Å². The quantitative estimate of drug-likeness (QED) is 0.849. The summed E-state index contributed by atoms with van der Waals surface area (Å²) in [5.41, 5.74) is 4.23. The lowest BCUT2D eigenvalue weighted by atomic mass is 10.1. The van der Waals surface area contributed by atoms with E-state index in [1.165, 1.54) is 35.4 Å². The maximum absolute atomic E-state index is 3.46. The number of hydrogen-bond acceptors (Lipinski definition) is 3. The first kappa shape index (κ1) is 13.8. The first-order valence-electron chi connectivity index (χ1n) is 6.75. The number of benzene rings is 1. The SMILES string of the molecule is CSCCC(C)N(C)Cc1ccc2c(c1)NCC2. The van der Waals surface area contributed by atoms with E-state index in [4.69, 9.17) is 0 Å². The first-order valence-corrected chi connectivity index (χ1v) is 8.15. The molecule has 2 nitrogen and oxygen atoms in total. The molecule has 0 aromatic heterocycles. The van der Waals surface area contributed by atoms with Gasteiger partial charge in [0.25, 0.3) is 0 Å². The summed E-state index contributed by atoms with van der Waals surface area (Å²) in [6, 6.07) is 7.54. The van der Waals surface area contributed by atoms with Crippen LogP contribution < -0.4 is 5.32 Å². The van der Waals surface area contributed by atoms with Gasteiger partial charge in [0.1, 0.15) is 0 Å². The Labute approximate surface area is 115 Å². The van der Waals surface area contributed by atoms with Crippen LogP contribution in [0.5, 0.6) is 0 Å². The van der Waals surface area contributed by atoms with Gasteiger partial charge in [-0.1, -0.05) is 12.1 Å².